The summed E-state index contributed by atoms with van der Waals surface area (Å²) < 4.78 is 0. The predicted octanol–water partition coefficient (Wildman–Crippen LogP) is 1.25. The average molecular weight is 251 g/mol. The zero-order chi connectivity index (χ0) is 13.9. The first-order chi connectivity index (χ1) is 8.19. The molecular formula is C12H21N5O. The normalized spacial score (nSPS) is 11.6. The molecule has 1 amide bonds. The van der Waals surface area contributed by atoms with Crippen LogP contribution in [-0.2, 0) is 4.79 Å². The minimum Gasteiger partial charge on any atom is -0.384 e. The number of rotatable bonds is 5. The maximum absolute atomic E-state index is 11.0. The molecule has 0 radical (unpaired) electrons. The van der Waals surface area contributed by atoms with Crippen molar-refractivity contribution in [1.29, 1.82) is 0 Å². The molecule has 0 atom stereocenters. The number of hydrogen-bond donors (Lipinski definition) is 3. The van der Waals surface area contributed by atoms with Gasteiger partial charge in [0.2, 0.25) is 5.91 Å². The molecule has 0 bridgehead atoms. The van der Waals surface area contributed by atoms with E-state index in [1.54, 1.807) is 6.07 Å². The first kappa shape index (κ1) is 14.2. The van der Waals surface area contributed by atoms with E-state index in [0.717, 1.165) is 0 Å². The number of nitrogens with one attached hydrogen (secondary N) is 1. The van der Waals surface area contributed by atoms with Crippen molar-refractivity contribution in [2.45, 2.75) is 45.6 Å². The summed E-state index contributed by atoms with van der Waals surface area (Å²) in [7, 11) is 0. The van der Waals surface area contributed by atoms with Gasteiger partial charge in [0.25, 0.3) is 0 Å². The molecule has 0 aliphatic rings. The van der Waals surface area contributed by atoms with Crippen molar-refractivity contribution >= 4 is 17.5 Å². The highest BCUT2D eigenvalue weighted by molar-refractivity contribution is 5.75. The number of hydrogen-bond acceptors (Lipinski definition) is 5. The standard InChI is InChI=1S/C12H21N5O/c1-7(2)11-15-8(13)5-10(16-11)17-12(3,4)6-9(14)18/h5,7H,6H2,1-4H3,(H2,14,18)(H3,13,15,16,17). The third kappa shape index (κ3) is 4.20. The Bertz CT molecular complexity index is 442. The van der Waals surface area contributed by atoms with Crippen LogP contribution < -0.4 is 16.8 Å². The fraction of sp³-hybridized carbons (Fsp3) is 0.583. The van der Waals surface area contributed by atoms with E-state index in [2.05, 4.69) is 15.3 Å². The third-order valence-corrected chi connectivity index (χ3v) is 2.36. The van der Waals surface area contributed by atoms with Crippen LogP contribution >= 0.6 is 0 Å². The van der Waals surface area contributed by atoms with Crippen LogP contribution in [0.2, 0.25) is 0 Å². The number of amides is 1. The number of nitrogens with zero attached hydrogens (tertiary/aromatic N) is 2. The van der Waals surface area contributed by atoms with Gasteiger partial charge in [-0.05, 0) is 13.8 Å². The Balaban J connectivity index is 2.93. The molecule has 0 spiro atoms. The molecule has 100 valence electrons. The molecule has 0 fully saturated rings. The Hall–Kier alpha value is -1.85. The fourth-order valence-corrected chi connectivity index (χ4v) is 1.63. The Morgan fingerprint density at radius 2 is 2.06 bits per heavy atom. The van der Waals surface area contributed by atoms with Crippen molar-refractivity contribution in [3.63, 3.8) is 0 Å². The second kappa shape index (κ2) is 5.20. The number of nitrogens with two attached hydrogens (primary N) is 2. The minimum atomic E-state index is -0.471. The van der Waals surface area contributed by atoms with Gasteiger partial charge in [-0.25, -0.2) is 9.97 Å². The molecule has 5 N–H and O–H groups in total. The van der Waals surface area contributed by atoms with Crippen LogP contribution in [0.5, 0.6) is 0 Å². The molecule has 0 aliphatic heterocycles. The van der Waals surface area contributed by atoms with Crippen LogP contribution in [0.3, 0.4) is 0 Å². The SMILES string of the molecule is CC(C)c1nc(N)cc(NC(C)(C)CC(N)=O)n1. The highest BCUT2D eigenvalue weighted by atomic mass is 16.1. The van der Waals surface area contributed by atoms with Gasteiger partial charge in [0.1, 0.15) is 17.5 Å². The van der Waals surface area contributed by atoms with Crippen LogP contribution in [0.15, 0.2) is 6.07 Å². The summed E-state index contributed by atoms with van der Waals surface area (Å²) in [4.78, 5) is 19.5. The largest absolute Gasteiger partial charge is 0.384 e. The molecule has 0 unspecified atom stereocenters. The lowest BCUT2D eigenvalue weighted by atomic mass is 10.0. The molecule has 1 aromatic heterocycles. The summed E-state index contributed by atoms with van der Waals surface area (Å²) in [6.07, 6.45) is 0.216. The lowest BCUT2D eigenvalue weighted by Crippen LogP contribution is -2.36. The molecule has 1 aromatic rings. The average Bonchev–Trinajstić information content (AvgIpc) is 2.12. The molecule has 6 heteroatoms. The van der Waals surface area contributed by atoms with Gasteiger partial charge in [-0.3, -0.25) is 4.79 Å². The van der Waals surface area contributed by atoms with Gasteiger partial charge in [0.15, 0.2) is 0 Å². The van der Waals surface area contributed by atoms with Crippen molar-refractivity contribution in [3.8, 4) is 0 Å². The van der Waals surface area contributed by atoms with Crippen LogP contribution in [-0.4, -0.2) is 21.4 Å². The molecule has 1 rings (SSSR count). The Labute approximate surface area is 107 Å². The first-order valence-electron chi connectivity index (χ1n) is 5.90. The summed E-state index contributed by atoms with van der Waals surface area (Å²) in [6, 6.07) is 1.65. The molecule has 0 saturated carbocycles. The molecular weight excluding hydrogens is 230 g/mol. The quantitative estimate of drug-likeness (QED) is 0.730. The van der Waals surface area contributed by atoms with Crippen LogP contribution in [0, 0.1) is 0 Å². The minimum absolute atomic E-state index is 0.188. The number of carbonyl (C=O) groups is 1. The smallest absolute Gasteiger partial charge is 0.219 e. The molecule has 0 saturated heterocycles. The number of carbonyl (C=O) groups excluding carboxylic acids is 1. The lowest BCUT2D eigenvalue weighted by Gasteiger charge is -2.25. The molecule has 1 heterocycles. The van der Waals surface area contributed by atoms with Gasteiger partial charge in [0.05, 0.1) is 0 Å². The molecule has 18 heavy (non-hydrogen) atoms. The van der Waals surface area contributed by atoms with Gasteiger partial charge in [-0.1, -0.05) is 13.8 Å². The third-order valence-electron chi connectivity index (χ3n) is 2.36. The van der Waals surface area contributed by atoms with E-state index >= 15 is 0 Å². The second-order valence-electron chi connectivity index (χ2n) is 5.34. The lowest BCUT2D eigenvalue weighted by molar-refractivity contribution is -0.118. The second-order valence-corrected chi connectivity index (χ2v) is 5.34. The van der Waals surface area contributed by atoms with Gasteiger partial charge < -0.3 is 16.8 Å². The molecule has 0 aromatic carbocycles. The van der Waals surface area contributed by atoms with Crippen molar-refractivity contribution in [3.05, 3.63) is 11.9 Å². The van der Waals surface area contributed by atoms with E-state index in [-0.39, 0.29) is 18.2 Å². The number of aromatic nitrogens is 2. The monoisotopic (exact) mass is 251 g/mol. The summed E-state index contributed by atoms with van der Waals surface area (Å²) in [5, 5.41) is 3.15. The van der Waals surface area contributed by atoms with E-state index in [1.807, 2.05) is 27.7 Å². The van der Waals surface area contributed by atoms with Gasteiger partial charge in [0, 0.05) is 23.9 Å². The zero-order valence-electron chi connectivity index (χ0n) is 11.3. The topological polar surface area (TPSA) is 107 Å². The maximum atomic E-state index is 11.0. The summed E-state index contributed by atoms with van der Waals surface area (Å²) in [5.74, 6) is 1.52. The van der Waals surface area contributed by atoms with Gasteiger partial charge in [-0.2, -0.15) is 0 Å². The van der Waals surface area contributed by atoms with Crippen LogP contribution in [0.4, 0.5) is 11.6 Å². The summed E-state index contributed by atoms with van der Waals surface area (Å²) in [5.41, 5.74) is 10.5. The Morgan fingerprint density at radius 3 is 2.56 bits per heavy atom. The highest BCUT2D eigenvalue weighted by Crippen LogP contribution is 2.20. The predicted molar refractivity (Wildman–Crippen MR) is 72.0 cm³/mol. The summed E-state index contributed by atoms with van der Waals surface area (Å²) >= 11 is 0. The van der Waals surface area contributed by atoms with E-state index in [4.69, 9.17) is 11.5 Å². The van der Waals surface area contributed by atoms with Crippen LogP contribution in [0.25, 0.3) is 0 Å². The van der Waals surface area contributed by atoms with E-state index in [9.17, 15) is 4.79 Å². The highest BCUT2D eigenvalue weighted by Gasteiger charge is 2.21. The number of anilines is 2. The van der Waals surface area contributed by atoms with Gasteiger partial charge >= 0.3 is 0 Å². The van der Waals surface area contributed by atoms with Crippen molar-refractivity contribution in [2.75, 3.05) is 11.1 Å². The fourth-order valence-electron chi connectivity index (χ4n) is 1.63. The molecule has 0 aliphatic carbocycles. The van der Waals surface area contributed by atoms with Crippen LogP contribution in [0.1, 0.15) is 45.9 Å². The van der Waals surface area contributed by atoms with Crippen molar-refractivity contribution < 1.29 is 4.79 Å². The van der Waals surface area contributed by atoms with E-state index in [0.29, 0.717) is 17.5 Å². The molecule has 6 nitrogen and oxygen atoms in total. The van der Waals surface area contributed by atoms with Crippen molar-refractivity contribution in [2.24, 2.45) is 5.73 Å². The Kier molecular flexibility index (Phi) is 4.11. The maximum Gasteiger partial charge on any atom is 0.219 e. The number of primary amides is 1. The number of nitrogen functional groups attached to an aromatic ring is 1. The summed E-state index contributed by atoms with van der Waals surface area (Å²) in [6.45, 7) is 7.75. The van der Waals surface area contributed by atoms with E-state index < -0.39 is 5.54 Å². The van der Waals surface area contributed by atoms with Gasteiger partial charge in [-0.15, -0.1) is 0 Å². The zero-order valence-corrected chi connectivity index (χ0v) is 11.3. The Morgan fingerprint density at radius 1 is 1.44 bits per heavy atom. The van der Waals surface area contributed by atoms with Crippen molar-refractivity contribution in [1.82, 2.24) is 9.97 Å². The van der Waals surface area contributed by atoms with E-state index in [1.165, 1.54) is 0 Å². The first-order valence-corrected chi connectivity index (χ1v) is 5.90.